The SMILES string of the molecule is O=C(Nn1c(O)c(C=C2C=Nc3ccccc32)sc1=S)c1ccccc1[N+](=O)[O-]. The molecule has 4 rings (SSSR count). The summed E-state index contributed by atoms with van der Waals surface area (Å²) in [5, 5.41) is 21.7. The van der Waals surface area contributed by atoms with Crippen molar-refractivity contribution in [1.82, 2.24) is 4.68 Å². The van der Waals surface area contributed by atoms with Crippen LogP contribution in [0, 0.1) is 14.1 Å². The molecule has 0 unspecified atom stereocenters. The summed E-state index contributed by atoms with van der Waals surface area (Å²) in [6, 6.07) is 13.1. The maximum atomic E-state index is 12.5. The molecular formula is C19H12N4O4S2. The number of nitrogens with one attached hydrogen (secondary N) is 1. The van der Waals surface area contributed by atoms with Crippen LogP contribution in [-0.2, 0) is 0 Å². The summed E-state index contributed by atoms with van der Waals surface area (Å²) < 4.78 is 1.22. The number of benzene rings is 2. The fraction of sp³-hybridized carbons (Fsp3) is 0. The summed E-state index contributed by atoms with van der Waals surface area (Å²) >= 11 is 6.33. The highest BCUT2D eigenvalue weighted by atomic mass is 32.1. The van der Waals surface area contributed by atoms with Gasteiger partial charge in [0.05, 0.1) is 15.5 Å². The first-order valence-corrected chi connectivity index (χ1v) is 9.53. The predicted molar refractivity (Wildman–Crippen MR) is 114 cm³/mol. The fourth-order valence-electron chi connectivity index (χ4n) is 2.86. The van der Waals surface area contributed by atoms with Gasteiger partial charge >= 0.3 is 0 Å². The minimum absolute atomic E-state index is 0.137. The Kier molecular flexibility index (Phi) is 4.79. The van der Waals surface area contributed by atoms with Gasteiger partial charge in [-0.05, 0) is 30.4 Å². The van der Waals surface area contributed by atoms with E-state index in [0.29, 0.717) is 4.88 Å². The van der Waals surface area contributed by atoms with E-state index in [1.807, 2.05) is 24.3 Å². The van der Waals surface area contributed by atoms with Gasteiger partial charge in [0, 0.05) is 23.4 Å². The Balaban J connectivity index is 1.67. The van der Waals surface area contributed by atoms with Crippen molar-refractivity contribution in [2.75, 3.05) is 5.43 Å². The van der Waals surface area contributed by atoms with Gasteiger partial charge in [-0.25, -0.2) is 0 Å². The number of thiazole rings is 1. The van der Waals surface area contributed by atoms with Gasteiger partial charge in [0.25, 0.3) is 11.6 Å². The predicted octanol–water partition coefficient (Wildman–Crippen LogP) is 4.53. The molecular weight excluding hydrogens is 412 g/mol. The number of para-hydroxylation sites is 2. The number of nitro groups is 1. The molecule has 29 heavy (non-hydrogen) atoms. The van der Waals surface area contributed by atoms with Crippen LogP contribution in [0.1, 0.15) is 20.8 Å². The molecule has 0 atom stereocenters. The van der Waals surface area contributed by atoms with Crippen molar-refractivity contribution in [1.29, 1.82) is 0 Å². The lowest BCUT2D eigenvalue weighted by Crippen LogP contribution is -2.23. The number of rotatable bonds is 4. The minimum Gasteiger partial charge on any atom is -0.492 e. The number of amides is 1. The number of carbonyl (C=O) groups is 1. The molecule has 8 nitrogen and oxygen atoms in total. The van der Waals surface area contributed by atoms with Gasteiger partial charge in [-0.2, -0.15) is 4.68 Å². The van der Waals surface area contributed by atoms with E-state index in [1.54, 1.807) is 12.3 Å². The van der Waals surface area contributed by atoms with Crippen molar-refractivity contribution in [3.8, 4) is 5.88 Å². The number of aromatic hydroxyl groups is 1. The van der Waals surface area contributed by atoms with Crippen molar-refractivity contribution >= 4 is 58.7 Å². The van der Waals surface area contributed by atoms with E-state index in [9.17, 15) is 20.0 Å². The van der Waals surface area contributed by atoms with Crippen LogP contribution in [0.3, 0.4) is 0 Å². The molecule has 0 saturated heterocycles. The molecule has 0 spiro atoms. The third-order valence-corrected chi connectivity index (χ3v) is 5.53. The van der Waals surface area contributed by atoms with Crippen molar-refractivity contribution in [3.05, 3.63) is 78.6 Å². The van der Waals surface area contributed by atoms with Gasteiger partial charge in [-0.1, -0.05) is 41.7 Å². The van der Waals surface area contributed by atoms with E-state index >= 15 is 0 Å². The lowest BCUT2D eigenvalue weighted by atomic mass is 10.1. The number of aliphatic imine (C=N–C) groups is 1. The summed E-state index contributed by atoms with van der Waals surface area (Å²) in [4.78, 5) is 27.8. The topological polar surface area (TPSA) is 110 Å². The number of hydrogen-bond acceptors (Lipinski definition) is 7. The van der Waals surface area contributed by atoms with Crippen LogP contribution >= 0.6 is 23.6 Å². The molecule has 0 radical (unpaired) electrons. The summed E-state index contributed by atoms with van der Waals surface area (Å²) in [6.45, 7) is 0. The van der Waals surface area contributed by atoms with Crippen LogP contribution in [0.25, 0.3) is 11.6 Å². The zero-order valence-electron chi connectivity index (χ0n) is 14.6. The first kappa shape index (κ1) is 18.7. The second-order valence-electron chi connectivity index (χ2n) is 5.98. The molecule has 3 aromatic rings. The van der Waals surface area contributed by atoms with Crippen LogP contribution in [0.2, 0.25) is 0 Å². The van der Waals surface area contributed by atoms with E-state index in [1.165, 1.54) is 24.3 Å². The zero-order chi connectivity index (χ0) is 20.5. The normalized spacial score (nSPS) is 13.4. The monoisotopic (exact) mass is 424 g/mol. The first-order chi connectivity index (χ1) is 14.0. The maximum Gasteiger partial charge on any atom is 0.282 e. The Morgan fingerprint density at radius 3 is 2.76 bits per heavy atom. The summed E-state index contributed by atoms with van der Waals surface area (Å²) in [7, 11) is 0. The number of aromatic nitrogens is 1. The Morgan fingerprint density at radius 2 is 1.97 bits per heavy atom. The van der Waals surface area contributed by atoms with Crippen LogP contribution in [-0.4, -0.2) is 26.8 Å². The average Bonchev–Trinajstić information content (AvgIpc) is 3.24. The Morgan fingerprint density at radius 1 is 1.24 bits per heavy atom. The third kappa shape index (κ3) is 3.46. The molecule has 1 amide bonds. The first-order valence-electron chi connectivity index (χ1n) is 8.30. The largest absolute Gasteiger partial charge is 0.492 e. The van der Waals surface area contributed by atoms with Crippen LogP contribution < -0.4 is 5.43 Å². The zero-order valence-corrected chi connectivity index (χ0v) is 16.2. The smallest absolute Gasteiger partial charge is 0.282 e. The Labute approximate surface area is 173 Å². The molecule has 144 valence electrons. The van der Waals surface area contributed by atoms with Gasteiger partial charge in [-0.3, -0.25) is 25.3 Å². The van der Waals surface area contributed by atoms with Crippen LogP contribution in [0.4, 0.5) is 11.4 Å². The van der Waals surface area contributed by atoms with E-state index in [2.05, 4.69) is 10.4 Å². The van der Waals surface area contributed by atoms with Crippen molar-refractivity contribution in [3.63, 3.8) is 0 Å². The fourth-order valence-corrected chi connectivity index (χ4v) is 4.04. The highest BCUT2D eigenvalue weighted by Gasteiger charge is 2.22. The molecule has 0 aliphatic carbocycles. The van der Waals surface area contributed by atoms with Gasteiger partial charge in [0.15, 0.2) is 3.95 Å². The number of allylic oxidation sites excluding steroid dienone is 1. The molecule has 0 bridgehead atoms. The second kappa shape index (κ2) is 7.41. The van der Waals surface area contributed by atoms with Gasteiger partial charge in [-0.15, -0.1) is 0 Å². The van der Waals surface area contributed by atoms with Crippen molar-refractivity contribution in [2.24, 2.45) is 4.99 Å². The van der Waals surface area contributed by atoms with Gasteiger partial charge in [0.1, 0.15) is 5.56 Å². The number of nitro benzene ring substituents is 1. The highest BCUT2D eigenvalue weighted by Crippen LogP contribution is 2.35. The van der Waals surface area contributed by atoms with Crippen LogP contribution in [0.15, 0.2) is 53.5 Å². The van der Waals surface area contributed by atoms with E-state index < -0.39 is 10.8 Å². The standard InChI is InChI=1S/C19H12N4O4S2/c24-17(13-6-2-4-8-15(13)23(26)27)21-22-18(25)16(29-19(22)28)9-11-10-20-14-7-3-1-5-12(11)14/h1-10,25H,(H,21,24). The van der Waals surface area contributed by atoms with E-state index in [4.69, 9.17) is 12.2 Å². The maximum absolute atomic E-state index is 12.5. The minimum atomic E-state index is -0.756. The Hall–Kier alpha value is -3.63. The number of fused-ring (bicyclic) bond motifs is 1. The molecule has 1 aliphatic rings. The van der Waals surface area contributed by atoms with Gasteiger partial charge < -0.3 is 5.11 Å². The molecule has 0 fully saturated rings. The number of nitrogens with zero attached hydrogens (tertiary/aromatic N) is 3. The number of carbonyl (C=O) groups excluding carboxylic acids is 1. The van der Waals surface area contributed by atoms with E-state index in [0.717, 1.165) is 32.8 Å². The molecule has 1 aliphatic heterocycles. The average molecular weight is 424 g/mol. The molecule has 2 aromatic carbocycles. The second-order valence-corrected chi connectivity index (χ2v) is 7.66. The third-order valence-electron chi connectivity index (χ3n) is 4.22. The number of hydrogen-bond donors (Lipinski definition) is 2. The van der Waals surface area contributed by atoms with Gasteiger partial charge in [0.2, 0.25) is 5.88 Å². The quantitative estimate of drug-likeness (QED) is 0.363. The summed E-state index contributed by atoms with van der Waals surface area (Å²) in [5.41, 5.74) is 4.48. The molecule has 10 heteroatoms. The lowest BCUT2D eigenvalue weighted by Gasteiger charge is -2.07. The summed E-state index contributed by atoms with van der Waals surface area (Å²) in [5.74, 6) is -1.02. The highest BCUT2D eigenvalue weighted by molar-refractivity contribution is 7.73. The van der Waals surface area contributed by atoms with Crippen LogP contribution in [0.5, 0.6) is 5.88 Å². The molecule has 1 aromatic heterocycles. The molecule has 0 saturated carbocycles. The molecule has 2 N–H and O–H groups in total. The lowest BCUT2D eigenvalue weighted by molar-refractivity contribution is -0.385. The Bertz CT molecular complexity index is 1270. The summed E-state index contributed by atoms with van der Waals surface area (Å²) in [6.07, 6.45) is 3.40. The van der Waals surface area contributed by atoms with Crippen molar-refractivity contribution < 1.29 is 14.8 Å². The van der Waals surface area contributed by atoms with Crippen molar-refractivity contribution in [2.45, 2.75) is 0 Å². The molecule has 2 heterocycles. The van der Waals surface area contributed by atoms with E-state index in [-0.39, 0.29) is 21.1 Å².